The van der Waals surface area contributed by atoms with Crippen molar-refractivity contribution in [3.63, 3.8) is 0 Å². The second kappa shape index (κ2) is 6.53. The molecule has 0 saturated carbocycles. The van der Waals surface area contributed by atoms with Gasteiger partial charge < -0.3 is 15.4 Å². The first-order chi connectivity index (χ1) is 10.0. The predicted molar refractivity (Wildman–Crippen MR) is 82.4 cm³/mol. The number of rotatable bonds is 4. The van der Waals surface area contributed by atoms with E-state index in [0.29, 0.717) is 5.82 Å². The van der Waals surface area contributed by atoms with Gasteiger partial charge in [0.05, 0.1) is 11.8 Å². The van der Waals surface area contributed by atoms with E-state index in [-0.39, 0.29) is 11.8 Å². The zero-order valence-electron chi connectivity index (χ0n) is 12.0. The van der Waals surface area contributed by atoms with Crippen LogP contribution in [0.1, 0.15) is 13.8 Å². The van der Waals surface area contributed by atoms with Crippen LogP contribution in [0.2, 0.25) is 0 Å². The van der Waals surface area contributed by atoms with Crippen molar-refractivity contribution in [3.8, 4) is 0 Å². The molecule has 0 bridgehead atoms. The fourth-order valence-corrected chi connectivity index (χ4v) is 2.63. The monoisotopic (exact) mass is 307 g/mol. The summed E-state index contributed by atoms with van der Waals surface area (Å²) in [7, 11) is 1.26. The van der Waals surface area contributed by atoms with E-state index in [0.717, 1.165) is 10.1 Å². The quantitative estimate of drug-likeness (QED) is 0.910. The lowest BCUT2D eigenvalue weighted by Crippen LogP contribution is -2.47. The molecule has 2 N–H and O–H groups in total. The highest BCUT2D eigenvalue weighted by atomic mass is 32.1. The summed E-state index contributed by atoms with van der Waals surface area (Å²) in [5.74, 6) is 0.123. The lowest BCUT2D eigenvalue weighted by atomic mass is 10.0. The number of nitrogens with one attached hydrogen (secondary N) is 2. The molecule has 0 unspecified atom stereocenters. The molecule has 0 aliphatic rings. The van der Waals surface area contributed by atoms with Gasteiger partial charge in [0.1, 0.15) is 6.04 Å². The van der Waals surface area contributed by atoms with Gasteiger partial charge in [-0.2, -0.15) is 4.37 Å². The maximum Gasteiger partial charge on any atom is 0.407 e. The average Bonchev–Trinajstić information content (AvgIpc) is 2.87. The third-order valence-corrected chi connectivity index (χ3v) is 3.85. The molecule has 0 fully saturated rings. The van der Waals surface area contributed by atoms with E-state index in [9.17, 15) is 9.59 Å². The minimum Gasteiger partial charge on any atom is -0.453 e. The summed E-state index contributed by atoms with van der Waals surface area (Å²) in [4.78, 5) is 23.6. The highest BCUT2D eigenvalue weighted by Gasteiger charge is 2.25. The third kappa shape index (κ3) is 3.49. The van der Waals surface area contributed by atoms with Crippen LogP contribution < -0.4 is 10.6 Å². The second-order valence-corrected chi connectivity index (χ2v) is 5.68. The Hall–Kier alpha value is -2.15. The number of methoxy groups -OCH3 is 1. The predicted octanol–water partition coefficient (Wildman–Crippen LogP) is 2.62. The largest absolute Gasteiger partial charge is 0.453 e. The van der Waals surface area contributed by atoms with Gasteiger partial charge in [-0.3, -0.25) is 4.79 Å². The number of hydrogen-bond acceptors (Lipinski definition) is 5. The van der Waals surface area contributed by atoms with Crippen LogP contribution >= 0.6 is 11.5 Å². The van der Waals surface area contributed by atoms with Crippen molar-refractivity contribution in [3.05, 3.63) is 24.3 Å². The van der Waals surface area contributed by atoms with Crippen LogP contribution in [0.5, 0.6) is 0 Å². The Kier molecular flexibility index (Phi) is 4.74. The molecule has 1 aromatic carbocycles. The lowest BCUT2D eigenvalue weighted by molar-refractivity contribution is -0.119. The fourth-order valence-electron chi connectivity index (χ4n) is 1.89. The van der Waals surface area contributed by atoms with E-state index in [1.807, 2.05) is 38.1 Å². The molecule has 2 rings (SSSR count). The molecule has 7 heteroatoms. The highest BCUT2D eigenvalue weighted by Crippen LogP contribution is 2.26. The van der Waals surface area contributed by atoms with Crippen molar-refractivity contribution in [2.24, 2.45) is 5.92 Å². The highest BCUT2D eigenvalue weighted by molar-refractivity contribution is 7.13. The van der Waals surface area contributed by atoms with Crippen LogP contribution in [-0.4, -0.2) is 29.5 Å². The van der Waals surface area contributed by atoms with E-state index >= 15 is 0 Å². The van der Waals surface area contributed by atoms with E-state index in [1.165, 1.54) is 18.6 Å². The molecule has 112 valence electrons. The van der Waals surface area contributed by atoms with E-state index in [2.05, 4.69) is 19.7 Å². The van der Waals surface area contributed by atoms with Crippen molar-refractivity contribution in [2.45, 2.75) is 19.9 Å². The standard InChI is InChI=1S/C14H17N3O3S/c1-8(2)11(15-14(19)20-3)13(18)16-12-9-6-4-5-7-10(9)21-17-12/h4-8,11H,1-3H3,(H,15,19)(H,16,17,18)/t11-/m0/s1. The molecule has 6 nitrogen and oxygen atoms in total. The van der Waals surface area contributed by atoms with E-state index in [1.54, 1.807) is 0 Å². The molecule has 0 radical (unpaired) electrons. The SMILES string of the molecule is COC(=O)N[C@H](C(=O)Nc1nsc2ccccc12)C(C)C. The first kappa shape index (κ1) is 15.2. The number of hydrogen-bond donors (Lipinski definition) is 2. The average molecular weight is 307 g/mol. The van der Waals surface area contributed by atoms with Gasteiger partial charge in [-0.1, -0.05) is 26.0 Å². The van der Waals surface area contributed by atoms with Crippen molar-refractivity contribution in [2.75, 3.05) is 12.4 Å². The molecule has 1 atom stereocenters. The van der Waals surface area contributed by atoms with Gasteiger partial charge >= 0.3 is 6.09 Å². The number of benzene rings is 1. The van der Waals surface area contributed by atoms with Crippen LogP contribution in [0.15, 0.2) is 24.3 Å². The van der Waals surface area contributed by atoms with Gasteiger partial charge in [-0.15, -0.1) is 0 Å². The molecule has 1 aromatic heterocycles. The topological polar surface area (TPSA) is 80.3 Å². The minimum absolute atomic E-state index is 0.0750. The Morgan fingerprint density at radius 2 is 2.00 bits per heavy atom. The Morgan fingerprint density at radius 3 is 2.67 bits per heavy atom. The second-order valence-electron chi connectivity index (χ2n) is 4.87. The van der Waals surface area contributed by atoms with Gasteiger partial charge in [0, 0.05) is 5.39 Å². The number of aromatic nitrogens is 1. The van der Waals surface area contributed by atoms with Gasteiger partial charge in [0.15, 0.2) is 5.82 Å². The van der Waals surface area contributed by atoms with E-state index in [4.69, 9.17) is 0 Å². The summed E-state index contributed by atoms with van der Waals surface area (Å²) in [5, 5.41) is 6.18. The van der Waals surface area contributed by atoms with Gasteiger partial charge in [-0.05, 0) is 29.6 Å². The van der Waals surface area contributed by atoms with Crippen LogP contribution in [0.3, 0.4) is 0 Å². The number of carbonyl (C=O) groups is 2. The molecule has 0 aliphatic carbocycles. The molecule has 0 aliphatic heterocycles. The first-order valence-corrected chi connectivity index (χ1v) is 7.30. The molecule has 2 amide bonds. The minimum atomic E-state index is -0.682. The van der Waals surface area contributed by atoms with Gasteiger partial charge in [0.2, 0.25) is 5.91 Å². The number of ether oxygens (including phenoxy) is 1. The van der Waals surface area contributed by atoms with E-state index < -0.39 is 12.1 Å². The Labute approximate surface area is 126 Å². The van der Waals surface area contributed by atoms with Crippen molar-refractivity contribution >= 4 is 39.4 Å². The molecule has 1 heterocycles. The van der Waals surface area contributed by atoms with Crippen LogP contribution in [0, 0.1) is 5.92 Å². The molecule has 0 saturated heterocycles. The molecule has 21 heavy (non-hydrogen) atoms. The number of fused-ring (bicyclic) bond motifs is 1. The Morgan fingerprint density at radius 1 is 1.29 bits per heavy atom. The zero-order valence-corrected chi connectivity index (χ0v) is 12.9. The Balaban J connectivity index is 2.16. The smallest absolute Gasteiger partial charge is 0.407 e. The van der Waals surface area contributed by atoms with Gasteiger partial charge in [0.25, 0.3) is 0 Å². The number of anilines is 1. The lowest BCUT2D eigenvalue weighted by Gasteiger charge is -2.20. The van der Waals surface area contributed by atoms with Crippen LogP contribution in [0.4, 0.5) is 10.6 Å². The van der Waals surface area contributed by atoms with Crippen LogP contribution in [-0.2, 0) is 9.53 Å². The summed E-state index contributed by atoms with van der Waals surface area (Å²) in [5.41, 5.74) is 0. The zero-order chi connectivity index (χ0) is 15.4. The van der Waals surface area contributed by atoms with Crippen molar-refractivity contribution in [1.82, 2.24) is 9.69 Å². The van der Waals surface area contributed by atoms with Crippen LogP contribution in [0.25, 0.3) is 10.1 Å². The maximum atomic E-state index is 12.3. The normalized spacial score (nSPS) is 12.2. The number of alkyl carbamates (subject to hydrolysis) is 1. The summed E-state index contributed by atoms with van der Waals surface area (Å²) in [6, 6.07) is 6.96. The summed E-state index contributed by atoms with van der Waals surface area (Å²) < 4.78 is 9.78. The number of nitrogens with zero attached hydrogens (tertiary/aromatic N) is 1. The maximum absolute atomic E-state index is 12.3. The van der Waals surface area contributed by atoms with Gasteiger partial charge in [-0.25, -0.2) is 4.79 Å². The molecule has 0 spiro atoms. The van der Waals surface area contributed by atoms with Crippen molar-refractivity contribution < 1.29 is 14.3 Å². The third-order valence-electron chi connectivity index (χ3n) is 3.03. The molecular formula is C14H17N3O3S. The summed E-state index contributed by atoms with van der Waals surface area (Å²) in [6.45, 7) is 3.69. The summed E-state index contributed by atoms with van der Waals surface area (Å²) >= 11 is 1.32. The van der Waals surface area contributed by atoms with Crippen molar-refractivity contribution in [1.29, 1.82) is 0 Å². The summed E-state index contributed by atoms with van der Waals surface area (Å²) in [6.07, 6.45) is -0.632. The number of amides is 2. The first-order valence-electron chi connectivity index (χ1n) is 6.52. The molecular weight excluding hydrogens is 290 g/mol. The molecule has 2 aromatic rings. The Bertz CT molecular complexity index is 654. The number of carbonyl (C=O) groups excluding carboxylic acids is 2. The fraction of sp³-hybridized carbons (Fsp3) is 0.357.